The SMILES string of the molecule is CCNC(CSc1ccc(C)cc1)c1ccnn1CC. The summed E-state index contributed by atoms with van der Waals surface area (Å²) in [6.45, 7) is 8.28. The van der Waals surface area contributed by atoms with Crippen LogP contribution in [0.1, 0.15) is 31.1 Å². The largest absolute Gasteiger partial charge is 0.308 e. The third-order valence-electron chi connectivity index (χ3n) is 3.29. The number of thioether (sulfide) groups is 1. The molecule has 1 aromatic heterocycles. The van der Waals surface area contributed by atoms with Crippen LogP contribution in [-0.4, -0.2) is 22.1 Å². The van der Waals surface area contributed by atoms with Crippen LogP contribution < -0.4 is 5.32 Å². The fourth-order valence-corrected chi connectivity index (χ4v) is 3.19. The number of aromatic nitrogens is 2. The van der Waals surface area contributed by atoms with Crippen molar-refractivity contribution in [3.05, 3.63) is 47.8 Å². The Morgan fingerprint density at radius 1 is 1.20 bits per heavy atom. The Kier molecular flexibility index (Phi) is 5.68. The zero-order chi connectivity index (χ0) is 14.4. The van der Waals surface area contributed by atoms with E-state index in [0.29, 0.717) is 6.04 Å². The number of benzene rings is 1. The molecule has 1 heterocycles. The van der Waals surface area contributed by atoms with E-state index in [2.05, 4.69) is 66.2 Å². The first-order valence-electron chi connectivity index (χ1n) is 7.19. The van der Waals surface area contributed by atoms with Crippen LogP contribution in [0.5, 0.6) is 0 Å². The molecule has 2 aromatic rings. The monoisotopic (exact) mass is 289 g/mol. The van der Waals surface area contributed by atoms with Crippen molar-refractivity contribution < 1.29 is 0 Å². The minimum absolute atomic E-state index is 0.341. The van der Waals surface area contributed by atoms with Crippen LogP contribution in [0.15, 0.2) is 41.4 Å². The minimum atomic E-state index is 0.341. The standard InChI is InChI=1S/C16H23N3S/c1-4-17-15(16-10-11-18-19(16)5-2)12-20-14-8-6-13(3)7-9-14/h6-11,15,17H,4-5,12H2,1-3H3. The topological polar surface area (TPSA) is 29.9 Å². The maximum absolute atomic E-state index is 4.37. The Hall–Kier alpha value is -1.26. The van der Waals surface area contributed by atoms with Crippen LogP contribution in [0.4, 0.5) is 0 Å². The number of nitrogens with zero attached hydrogens (tertiary/aromatic N) is 2. The van der Waals surface area contributed by atoms with E-state index in [4.69, 9.17) is 0 Å². The quantitative estimate of drug-likeness (QED) is 0.789. The second-order valence-electron chi connectivity index (χ2n) is 4.81. The van der Waals surface area contributed by atoms with Gasteiger partial charge in [-0.3, -0.25) is 4.68 Å². The lowest BCUT2D eigenvalue weighted by atomic mass is 10.2. The maximum atomic E-state index is 4.37. The van der Waals surface area contributed by atoms with Crippen molar-refractivity contribution in [1.82, 2.24) is 15.1 Å². The number of hydrogen-bond donors (Lipinski definition) is 1. The minimum Gasteiger partial charge on any atom is -0.308 e. The summed E-state index contributed by atoms with van der Waals surface area (Å²) >= 11 is 1.89. The molecule has 1 aromatic carbocycles. The van der Waals surface area contributed by atoms with Crippen molar-refractivity contribution in [1.29, 1.82) is 0 Å². The molecule has 1 atom stereocenters. The Balaban J connectivity index is 2.04. The van der Waals surface area contributed by atoms with E-state index < -0.39 is 0 Å². The van der Waals surface area contributed by atoms with Gasteiger partial charge in [0.2, 0.25) is 0 Å². The summed E-state index contributed by atoms with van der Waals surface area (Å²) in [4.78, 5) is 1.32. The average Bonchev–Trinajstić information content (AvgIpc) is 2.93. The number of nitrogens with one attached hydrogen (secondary N) is 1. The molecule has 2 rings (SSSR count). The van der Waals surface area contributed by atoms with Crippen molar-refractivity contribution in [2.75, 3.05) is 12.3 Å². The fraction of sp³-hybridized carbons (Fsp3) is 0.438. The molecule has 0 saturated carbocycles. The molecule has 0 spiro atoms. The van der Waals surface area contributed by atoms with E-state index in [0.717, 1.165) is 18.8 Å². The van der Waals surface area contributed by atoms with E-state index in [-0.39, 0.29) is 0 Å². The van der Waals surface area contributed by atoms with Gasteiger partial charge >= 0.3 is 0 Å². The summed E-state index contributed by atoms with van der Waals surface area (Å²) in [5.41, 5.74) is 2.58. The Bertz CT molecular complexity index is 519. The Labute approximate surface area is 125 Å². The zero-order valence-corrected chi connectivity index (χ0v) is 13.3. The first-order valence-corrected chi connectivity index (χ1v) is 8.17. The van der Waals surface area contributed by atoms with Crippen molar-refractivity contribution in [3.63, 3.8) is 0 Å². The summed E-state index contributed by atoms with van der Waals surface area (Å²) in [5, 5.41) is 7.93. The molecule has 0 amide bonds. The second-order valence-corrected chi connectivity index (χ2v) is 5.90. The molecule has 0 bridgehead atoms. The highest BCUT2D eigenvalue weighted by molar-refractivity contribution is 7.99. The third kappa shape index (κ3) is 3.87. The van der Waals surface area contributed by atoms with Gasteiger partial charge in [0.25, 0.3) is 0 Å². The van der Waals surface area contributed by atoms with E-state index in [1.54, 1.807) is 0 Å². The zero-order valence-electron chi connectivity index (χ0n) is 12.5. The van der Waals surface area contributed by atoms with Gasteiger partial charge in [-0.1, -0.05) is 24.6 Å². The Morgan fingerprint density at radius 3 is 2.60 bits per heavy atom. The van der Waals surface area contributed by atoms with Gasteiger partial charge in [-0.2, -0.15) is 5.10 Å². The van der Waals surface area contributed by atoms with Crippen LogP contribution in [0.25, 0.3) is 0 Å². The van der Waals surface area contributed by atoms with Gasteiger partial charge < -0.3 is 5.32 Å². The van der Waals surface area contributed by atoms with Gasteiger partial charge in [0.1, 0.15) is 0 Å². The third-order valence-corrected chi connectivity index (χ3v) is 4.40. The summed E-state index contributed by atoms with van der Waals surface area (Å²) in [7, 11) is 0. The number of rotatable bonds is 7. The van der Waals surface area contributed by atoms with E-state index in [9.17, 15) is 0 Å². The lowest BCUT2D eigenvalue weighted by Gasteiger charge is -2.18. The van der Waals surface area contributed by atoms with Crippen LogP contribution in [0.2, 0.25) is 0 Å². The van der Waals surface area contributed by atoms with Crippen molar-refractivity contribution >= 4 is 11.8 Å². The highest BCUT2D eigenvalue weighted by Crippen LogP contribution is 2.25. The van der Waals surface area contributed by atoms with Crippen molar-refractivity contribution in [2.45, 2.75) is 38.3 Å². The molecule has 1 unspecified atom stereocenters. The molecule has 0 fully saturated rings. The lowest BCUT2D eigenvalue weighted by molar-refractivity contribution is 0.527. The molecule has 20 heavy (non-hydrogen) atoms. The molecular formula is C16H23N3S. The van der Waals surface area contributed by atoms with Gasteiger partial charge in [-0.05, 0) is 38.6 Å². The lowest BCUT2D eigenvalue weighted by Crippen LogP contribution is -2.25. The normalized spacial score (nSPS) is 12.6. The molecule has 0 aliphatic rings. The van der Waals surface area contributed by atoms with E-state index in [1.165, 1.54) is 16.2 Å². The Morgan fingerprint density at radius 2 is 1.95 bits per heavy atom. The van der Waals surface area contributed by atoms with Gasteiger partial charge in [0.05, 0.1) is 11.7 Å². The summed E-state index contributed by atoms with van der Waals surface area (Å²) in [6, 6.07) is 11.2. The van der Waals surface area contributed by atoms with Gasteiger partial charge in [0, 0.05) is 23.4 Å². The molecule has 4 heteroatoms. The molecule has 1 N–H and O–H groups in total. The molecule has 108 valence electrons. The summed E-state index contributed by atoms with van der Waals surface area (Å²) in [5.74, 6) is 1.02. The second kappa shape index (κ2) is 7.50. The summed E-state index contributed by atoms with van der Waals surface area (Å²) in [6.07, 6.45) is 1.89. The number of hydrogen-bond acceptors (Lipinski definition) is 3. The van der Waals surface area contributed by atoms with E-state index >= 15 is 0 Å². The fourth-order valence-electron chi connectivity index (χ4n) is 2.21. The maximum Gasteiger partial charge on any atom is 0.0587 e. The van der Waals surface area contributed by atoms with Gasteiger partial charge in [-0.15, -0.1) is 11.8 Å². The van der Waals surface area contributed by atoms with Gasteiger partial charge in [-0.25, -0.2) is 0 Å². The van der Waals surface area contributed by atoms with Crippen LogP contribution in [-0.2, 0) is 6.54 Å². The first-order chi connectivity index (χ1) is 9.74. The first kappa shape index (κ1) is 15.1. The smallest absolute Gasteiger partial charge is 0.0587 e. The average molecular weight is 289 g/mol. The molecule has 0 saturated heterocycles. The highest BCUT2D eigenvalue weighted by atomic mass is 32.2. The van der Waals surface area contributed by atoms with Crippen molar-refractivity contribution in [3.8, 4) is 0 Å². The molecule has 0 aliphatic heterocycles. The van der Waals surface area contributed by atoms with Gasteiger partial charge in [0.15, 0.2) is 0 Å². The van der Waals surface area contributed by atoms with Crippen LogP contribution in [0.3, 0.4) is 0 Å². The predicted octanol–water partition coefficient (Wildman–Crippen LogP) is 3.65. The van der Waals surface area contributed by atoms with Crippen LogP contribution in [0, 0.1) is 6.92 Å². The highest BCUT2D eigenvalue weighted by Gasteiger charge is 2.15. The molecular weight excluding hydrogens is 266 g/mol. The van der Waals surface area contributed by atoms with E-state index in [1.807, 2.05) is 18.0 Å². The molecule has 0 radical (unpaired) electrons. The predicted molar refractivity (Wildman–Crippen MR) is 86.2 cm³/mol. The molecule has 0 aliphatic carbocycles. The molecule has 3 nitrogen and oxygen atoms in total. The summed E-state index contributed by atoms with van der Waals surface area (Å²) < 4.78 is 2.07. The van der Waals surface area contributed by atoms with Crippen molar-refractivity contribution in [2.24, 2.45) is 0 Å². The van der Waals surface area contributed by atoms with Crippen LogP contribution >= 0.6 is 11.8 Å². The number of aryl methyl sites for hydroxylation is 2.